The molecule has 0 amide bonds. The van der Waals surface area contributed by atoms with Crippen molar-refractivity contribution in [2.24, 2.45) is 0 Å². The highest BCUT2D eigenvalue weighted by atomic mass is 15.0. The van der Waals surface area contributed by atoms with Gasteiger partial charge in [-0.1, -0.05) is 60.2 Å². The number of rotatable bonds is 3. The minimum atomic E-state index is 0.561. The normalized spacial score (nSPS) is 11.2. The average Bonchev–Trinajstić information content (AvgIpc) is 3.21. The van der Waals surface area contributed by atoms with E-state index in [1.165, 1.54) is 21.9 Å². The van der Waals surface area contributed by atoms with Crippen LogP contribution < -0.4 is 0 Å². The molecular weight excluding hydrogens is 442 g/mol. The maximum absolute atomic E-state index is 9.66. The van der Waals surface area contributed by atoms with E-state index in [2.05, 4.69) is 99.2 Å². The zero-order chi connectivity index (χ0) is 24.8. The molecule has 36 heavy (non-hydrogen) atoms. The second-order valence-corrected chi connectivity index (χ2v) is 9.05. The van der Waals surface area contributed by atoms with E-state index in [1.807, 2.05) is 32.0 Å². The summed E-state index contributed by atoms with van der Waals surface area (Å²) in [6, 6.07) is 31.6. The van der Waals surface area contributed by atoms with E-state index in [4.69, 9.17) is 0 Å². The molecule has 4 aromatic carbocycles. The number of para-hydroxylation sites is 1. The van der Waals surface area contributed by atoms with Crippen LogP contribution in [0.25, 0.3) is 50.0 Å². The standard InChI is InChI=1S/C31H23N5/c1-19-7-6-8-23(15-19)24-12-13-26-25-9-4-5-10-28(25)36(30(26)17-24)29-14-11-22(18-32)16-27(29)31-34-20(2)33-21(3)35-31/h4-17H,1-3H3. The van der Waals surface area contributed by atoms with Gasteiger partial charge in [0.05, 0.1) is 28.4 Å². The maximum Gasteiger partial charge on any atom is 0.165 e. The highest BCUT2D eigenvalue weighted by Gasteiger charge is 2.18. The van der Waals surface area contributed by atoms with Gasteiger partial charge in [0.25, 0.3) is 0 Å². The molecule has 2 aromatic heterocycles. The van der Waals surface area contributed by atoms with Gasteiger partial charge in [0.15, 0.2) is 5.82 Å². The van der Waals surface area contributed by atoms with E-state index in [1.54, 1.807) is 0 Å². The lowest BCUT2D eigenvalue weighted by Crippen LogP contribution is -2.03. The van der Waals surface area contributed by atoms with Crippen molar-refractivity contribution in [3.63, 3.8) is 0 Å². The van der Waals surface area contributed by atoms with E-state index < -0.39 is 0 Å². The van der Waals surface area contributed by atoms with E-state index in [0.29, 0.717) is 23.0 Å². The van der Waals surface area contributed by atoms with Crippen LogP contribution in [0.15, 0.2) is 84.9 Å². The molecule has 0 aliphatic carbocycles. The van der Waals surface area contributed by atoms with Crippen LogP contribution >= 0.6 is 0 Å². The van der Waals surface area contributed by atoms with Crippen molar-refractivity contribution in [2.75, 3.05) is 0 Å². The fraction of sp³-hybridized carbons (Fsp3) is 0.0968. The van der Waals surface area contributed by atoms with Gasteiger partial charge >= 0.3 is 0 Å². The molecule has 0 N–H and O–H groups in total. The Kier molecular flexibility index (Phi) is 5.09. The Balaban J connectivity index is 1.71. The molecule has 6 rings (SSSR count). The Labute approximate surface area is 209 Å². The zero-order valence-corrected chi connectivity index (χ0v) is 20.3. The predicted molar refractivity (Wildman–Crippen MR) is 144 cm³/mol. The summed E-state index contributed by atoms with van der Waals surface area (Å²) in [5, 5.41) is 12.0. The van der Waals surface area contributed by atoms with Gasteiger partial charge in [-0.15, -0.1) is 0 Å². The number of benzene rings is 4. The van der Waals surface area contributed by atoms with Crippen LogP contribution in [0.5, 0.6) is 0 Å². The fourth-order valence-corrected chi connectivity index (χ4v) is 4.95. The molecule has 0 aliphatic rings. The minimum Gasteiger partial charge on any atom is -0.308 e. The summed E-state index contributed by atoms with van der Waals surface area (Å²) in [5.41, 5.74) is 8.01. The summed E-state index contributed by atoms with van der Waals surface area (Å²) < 4.78 is 2.26. The van der Waals surface area contributed by atoms with Crippen LogP contribution in [0.4, 0.5) is 0 Å². The Morgan fingerprint density at radius 3 is 2.19 bits per heavy atom. The largest absolute Gasteiger partial charge is 0.308 e. The van der Waals surface area contributed by atoms with Crippen LogP contribution in [-0.4, -0.2) is 19.5 Å². The molecule has 6 aromatic rings. The van der Waals surface area contributed by atoms with Crippen LogP contribution in [0.1, 0.15) is 22.8 Å². The Bertz CT molecular complexity index is 1820. The predicted octanol–water partition coefficient (Wildman–Crippen LogP) is 7.10. The van der Waals surface area contributed by atoms with Crippen LogP contribution in [0.3, 0.4) is 0 Å². The molecule has 0 radical (unpaired) electrons. The maximum atomic E-state index is 9.66. The molecule has 5 heteroatoms. The summed E-state index contributed by atoms with van der Waals surface area (Å²) in [5.74, 6) is 1.86. The van der Waals surface area contributed by atoms with Crippen molar-refractivity contribution in [1.29, 1.82) is 5.26 Å². The molecule has 2 heterocycles. The first-order chi connectivity index (χ1) is 17.5. The van der Waals surface area contributed by atoms with Crippen molar-refractivity contribution in [3.05, 3.63) is 108 Å². The van der Waals surface area contributed by atoms with Crippen molar-refractivity contribution in [1.82, 2.24) is 19.5 Å². The first kappa shape index (κ1) is 21.7. The second-order valence-electron chi connectivity index (χ2n) is 9.05. The van der Waals surface area contributed by atoms with Gasteiger partial charge in [0.1, 0.15) is 11.6 Å². The summed E-state index contributed by atoms with van der Waals surface area (Å²) >= 11 is 0. The highest BCUT2D eigenvalue weighted by molar-refractivity contribution is 6.10. The van der Waals surface area contributed by atoms with E-state index in [-0.39, 0.29) is 0 Å². The molecule has 0 saturated heterocycles. The van der Waals surface area contributed by atoms with Crippen LogP contribution in [0, 0.1) is 32.1 Å². The molecule has 0 aliphatic heterocycles. The van der Waals surface area contributed by atoms with Crippen LogP contribution in [0.2, 0.25) is 0 Å². The van der Waals surface area contributed by atoms with Gasteiger partial charge in [-0.05, 0) is 62.2 Å². The molecule has 172 valence electrons. The lowest BCUT2D eigenvalue weighted by molar-refractivity contribution is 0.926. The molecule has 0 spiro atoms. The van der Waals surface area contributed by atoms with Gasteiger partial charge < -0.3 is 4.57 Å². The summed E-state index contributed by atoms with van der Waals surface area (Å²) in [7, 11) is 0. The highest BCUT2D eigenvalue weighted by Crippen LogP contribution is 2.37. The molecule has 0 atom stereocenters. The lowest BCUT2D eigenvalue weighted by Gasteiger charge is -2.14. The number of hydrogen-bond donors (Lipinski definition) is 0. The number of aromatic nitrogens is 4. The first-order valence-electron chi connectivity index (χ1n) is 11.9. The van der Waals surface area contributed by atoms with E-state index in [9.17, 15) is 5.26 Å². The van der Waals surface area contributed by atoms with Gasteiger partial charge in [-0.25, -0.2) is 15.0 Å². The Hall–Kier alpha value is -4.82. The number of hydrogen-bond acceptors (Lipinski definition) is 4. The first-order valence-corrected chi connectivity index (χ1v) is 11.9. The molecule has 0 bridgehead atoms. The third-order valence-electron chi connectivity index (χ3n) is 6.49. The van der Waals surface area contributed by atoms with Crippen molar-refractivity contribution in [3.8, 4) is 34.3 Å². The quantitative estimate of drug-likeness (QED) is 0.280. The summed E-state index contributed by atoms with van der Waals surface area (Å²) in [4.78, 5) is 13.6. The number of aryl methyl sites for hydroxylation is 3. The zero-order valence-electron chi connectivity index (χ0n) is 20.3. The van der Waals surface area contributed by atoms with E-state index in [0.717, 1.165) is 27.8 Å². The monoisotopic (exact) mass is 465 g/mol. The van der Waals surface area contributed by atoms with Gasteiger partial charge in [-0.3, -0.25) is 0 Å². The third-order valence-corrected chi connectivity index (χ3v) is 6.49. The molecule has 0 saturated carbocycles. The van der Waals surface area contributed by atoms with Gasteiger partial charge in [0.2, 0.25) is 0 Å². The van der Waals surface area contributed by atoms with Crippen LogP contribution in [-0.2, 0) is 0 Å². The Morgan fingerprint density at radius 1 is 0.667 bits per heavy atom. The van der Waals surface area contributed by atoms with Crippen molar-refractivity contribution in [2.45, 2.75) is 20.8 Å². The lowest BCUT2D eigenvalue weighted by atomic mass is 10.0. The minimum absolute atomic E-state index is 0.561. The molecule has 5 nitrogen and oxygen atoms in total. The summed E-state index contributed by atoms with van der Waals surface area (Å²) in [6.07, 6.45) is 0. The van der Waals surface area contributed by atoms with Gasteiger partial charge in [-0.2, -0.15) is 5.26 Å². The second kappa shape index (κ2) is 8.44. The van der Waals surface area contributed by atoms with E-state index >= 15 is 0 Å². The van der Waals surface area contributed by atoms with Crippen molar-refractivity contribution < 1.29 is 0 Å². The third kappa shape index (κ3) is 3.60. The Morgan fingerprint density at radius 2 is 1.42 bits per heavy atom. The molecular formula is C31H23N5. The average molecular weight is 466 g/mol. The topological polar surface area (TPSA) is 67.4 Å². The van der Waals surface area contributed by atoms with Crippen molar-refractivity contribution >= 4 is 21.8 Å². The smallest absolute Gasteiger partial charge is 0.165 e. The van der Waals surface area contributed by atoms with Gasteiger partial charge in [0, 0.05) is 16.3 Å². The molecule has 0 fully saturated rings. The summed E-state index contributed by atoms with van der Waals surface area (Å²) in [6.45, 7) is 5.84. The number of nitrogens with zero attached hydrogens (tertiary/aromatic N) is 5. The SMILES string of the molecule is Cc1cccc(-c2ccc3c4ccccc4n(-c4ccc(C#N)cc4-c4nc(C)nc(C)n4)c3c2)c1. The number of fused-ring (bicyclic) bond motifs is 3. The fourth-order valence-electron chi connectivity index (χ4n) is 4.95. The number of nitriles is 1. The molecule has 0 unspecified atom stereocenters.